The number of hydrogen-bond acceptors (Lipinski definition) is 4. The van der Waals surface area contributed by atoms with Gasteiger partial charge in [0.15, 0.2) is 0 Å². The summed E-state index contributed by atoms with van der Waals surface area (Å²) in [5.74, 6) is 0.595. The molecule has 0 spiro atoms. The zero-order valence-corrected chi connectivity index (χ0v) is 15.1. The summed E-state index contributed by atoms with van der Waals surface area (Å²) in [5.41, 5.74) is 0.958. The number of para-hydroxylation sites is 1. The molecule has 2 amide bonds. The molecule has 3 rings (SSSR count). The largest absolute Gasteiger partial charge is 0.496 e. The van der Waals surface area contributed by atoms with E-state index in [1.54, 1.807) is 12.0 Å². The Bertz CT molecular complexity index is 638. The Morgan fingerprint density at radius 2 is 1.88 bits per heavy atom. The summed E-state index contributed by atoms with van der Waals surface area (Å²) in [4.78, 5) is 28.8. The number of likely N-dealkylation sites (tertiary alicyclic amines) is 1. The highest BCUT2D eigenvalue weighted by Crippen LogP contribution is 2.26. The third kappa shape index (κ3) is 3.95. The molecule has 2 aliphatic heterocycles. The maximum atomic E-state index is 12.8. The molecule has 2 saturated heterocycles. The number of rotatable bonds is 4. The molecule has 1 aromatic carbocycles. The predicted molar refractivity (Wildman–Crippen MR) is 93.1 cm³/mol. The smallest absolute Gasteiger partial charge is 0.228 e. The fraction of sp³-hybridized carbons (Fsp3) is 0.579. The van der Waals surface area contributed by atoms with Crippen LogP contribution in [0.5, 0.6) is 5.75 Å². The van der Waals surface area contributed by atoms with E-state index in [1.807, 2.05) is 43.0 Å². The summed E-state index contributed by atoms with van der Waals surface area (Å²) in [7, 11) is 1.62. The van der Waals surface area contributed by atoms with Crippen LogP contribution >= 0.6 is 0 Å². The van der Waals surface area contributed by atoms with E-state index in [2.05, 4.69) is 0 Å². The van der Waals surface area contributed by atoms with E-state index in [-0.39, 0.29) is 36.4 Å². The standard InChI is InChI=1S/C19H26N2O4/c1-13-9-21(10-14(2)25-13)19(23)16-8-18(22)20(12-16)11-15-6-4-5-7-17(15)24-3/h4-7,13-14,16H,8-12H2,1-3H3. The van der Waals surface area contributed by atoms with Crippen molar-refractivity contribution in [2.24, 2.45) is 5.92 Å². The Balaban J connectivity index is 1.65. The van der Waals surface area contributed by atoms with Gasteiger partial charge in [-0.3, -0.25) is 9.59 Å². The summed E-state index contributed by atoms with van der Waals surface area (Å²) in [5, 5.41) is 0. The van der Waals surface area contributed by atoms with Crippen LogP contribution in [0, 0.1) is 5.92 Å². The molecule has 0 saturated carbocycles. The van der Waals surface area contributed by atoms with Crippen molar-refractivity contribution >= 4 is 11.8 Å². The van der Waals surface area contributed by atoms with Crippen LogP contribution in [-0.2, 0) is 20.9 Å². The van der Waals surface area contributed by atoms with E-state index >= 15 is 0 Å². The molecule has 1 aromatic rings. The quantitative estimate of drug-likeness (QED) is 0.832. The molecule has 3 atom stereocenters. The summed E-state index contributed by atoms with van der Waals surface area (Å²) in [6.07, 6.45) is 0.359. The third-order valence-corrected chi connectivity index (χ3v) is 4.85. The maximum Gasteiger partial charge on any atom is 0.228 e. The van der Waals surface area contributed by atoms with Crippen molar-refractivity contribution in [2.75, 3.05) is 26.7 Å². The van der Waals surface area contributed by atoms with Gasteiger partial charge in [-0.25, -0.2) is 0 Å². The van der Waals surface area contributed by atoms with Gasteiger partial charge in [0.2, 0.25) is 11.8 Å². The lowest BCUT2D eigenvalue weighted by Gasteiger charge is -2.36. The first kappa shape index (κ1) is 17.7. The van der Waals surface area contributed by atoms with Gasteiger partial charge in [-0.15, -0.1) is 0 Å². The van der Waals surface area contributed by atoms with Crippen molar-refractivity contribution < 1.29 is 19.1 Å². The molecule has 2 aliphatic rings. The number of amides is 2. The first-order chi connectivity index (χ1) is 12.0. The van der Waals surface area contributed by atoms with E-state index in [0.29, 0.717) is 26.2 Å². The Labute approximate surface area is 148 Å². The zero-order chi connectivity index (χ0) is 18.0. The second-order valence-corrected chi connectivity index (χ2v) is 6.99. The molecule has 2 fully saturated rings. The van der Waals surface area contributed by atoms with Crippen LogP contribution in [0.4, 0.5) is 0 Å². The van der Waals surface area contributed by atoms with Gasteiger partial charge in [-0.1, -0.05) is 18.2 Å². The van der Waals surface area contributed by atoms with Crippen molar-refractivity contribution in [3.8, 4) is 5.75 Å². The van der Waals surface area contributed by atoms with E-state index in [0.717, 1.165) is 11.3 Å². The molecule has 3 unspecified atom stereocenters. The van der Waals surface area contributed by atoms with Crippen LogP contribution in [0.3, 0.4) is 0 Å². The van der Waals surface area contributed by atoms with Crippen molar-refractivity contribution in [1.82, 2.24) is 9.80 Å². The molecule has 0 N–H and O–H groups in total. The van der Waals surface area contributed by atoms with E-state index in [1.165, 1.54) is 0 Å². The molecule has 2 heterocycles. The Kier molecular flexibility index (Phi) is 5.27. The van der Waals surface area contributed by atoms with Gasteiger partial charge in [-0.05, 0) is 19.9 Å². The SMILES string of the molecule is COc1ccccc1CN1CC(C(=O)N2CC(C)OC(C)C2)CC1=O. The first-order valence-electron chi connectivity index (χ1n) is 8.81. The highest BCUT2D eigenvalue weighted by Gasteiger charge is 2.38. The van der Waals surface area contributed by atoms with E-state index < -0.39 is 0 Å². The minimum atomic E-state index is -0.264. The number of ether oxygens (including phenoxy) is 2. The lowest BCUT2D eigenvalue weighted by molar-refractivity contribution is -0.147. The van der Waals surface area contributed by atoms with Gasteiger partial charge >= 0.3 is 0 Å². The average molecular weight is 346 g/mol. The summed E-state index contributed by atoms with van der Waals surface area (Å²) in [6.45, 7) is 6.09. The van der Waals surface area contributed by atoms with Gasteiger partial charge in [0.05, 0.1) is 25.2 Å². The van der Waals surface area contributed by atoms with Crippen molar-refractivity contribution in [3.05, 3.63) is 29.8 Å². The average Bonchev–Trinajstić information content (AvgIpc) is 2.94. The van der Waals surface area contributed by atoms with E-state index in [4.69, 9.17) is 9.47 Å². The molecular formula is C19H26N2O4. The first-order valence-corrected chi connectivity index (χ1v) is 8.81. The number of hydrogen-bond donors (Lipinski definition) is 0. The summed E-state index contributed by atoms with van der Waals surface area (Å²) < 4.78 is 11.0. The normalized spacial score (nSPS) is 26.8. The molecule has 0 aromatic heterocycles. The van der Waals surface area contributed by atoms with E-state index in [9.17, 15) is 9.59 Å². The Morgan fingerprint density at radius 1 is 1.20 bits per heavy atom. The Hall–Kier alpha value is -2.08. The van der Waals surface area contributed by atoms with Crippen LogP contribution in [0.15, 0.2) is 24.3 Å². The van der Waals surface area contributed by atoms with Gasteiger partial charge in [0.1, 0.15) is 5.75 Å². The second-order valence-electron chi connectivity index (χ2n) is 6.99. The van der Waals surface area contributed by atoms with Crippen LogP contribution in [0.2, 0.25) is 0 Å². The minimum absolute atomic E-state index is 0.0265. The molecule has 0 aliphatic carbocycles. The van der Waals surface area contributed by atoms with Gasteiger partial charge in [0.25, 0.3) is 0 Å². The third-order valence-electron chi connectivity index (χ3n) is 4.85. The number of morpholine rings is 1. The molecule has 6 nitrogen and oxygen atoms in total. The van der Waals surface area contributed by atoms with Gasteiger partial charge in [-0.2, -0.15) is 0 Å². The van der Waals surface area contributed by atoms with Gasteiger partial charge in [0, 0.05) is 38.2 Å². The molecule has 0 bridgehead atoms. The number of nitrogens with zero attached hydrogens (tertiary/aromatic N) is 2. The fourth-order valence-corrected chi connectivity index (χ4v) is 3.75. The van der Waals surface area contributed by atoms with Crippen molar-refractivity contribution in [2.45, 2.75) is 39.0 Å². The molecule has 25 heavy (non-hydrogen) atoms. The lowest BCUT2D eigenvalue weighted by atomic mass is 10.1. The lowest BCUT2D eigenvalue weighted by Crippen LogP contribution is -2.50. The van der Waals surface area contributed by atoms with Crippen LogP contribution in [0.1, 0.15) is 25.8 Å². The minimum Gasteiger partial charge on any atom is -0.496 e. The molecule has 6 heteroatoms. The number of carbonyl (C=O) groups is 2. The molecular weight excluding hydrogens is 320 g/mol. The number of carbonyl (C=O) groups excluding carboxylic acids is 2. The highest BCUT2D eigenvalue weighted by molar-refractivity contribution is 5.89. The second kappa shape index (κ2) is 7.44. The van der Waals surface area contributed by atoms with Crippen LogP contribution in [-0.4, -0.2) is 60.6 Å². The fourth-order valence-electron chi connectivity index (χ4n) is 3.75. The van der Waals surface area contributed by atoms with Crippen LogP contribution in [0.25, 0.3) is 0 Å². The number of methoxy groups -OCH3 is 1. The summed E-state index contributed by atoms with van der Waals surface area (Å²) >= 11 is 0. The topological polar surface area (TPSA) is 59.1 Å². The zero-order valence-electron chi connectivity index (χ0n) is 15.1. The van der Waals surface area contributed by atoms with Crippen molar-refractivity contribution in [3.63, 3.8) is 0 Å². The molecule has 136 valence electrons. The van der Waals surface area contributed by atoms with Crippen LogP contribution < -0.4 is 4.74 Å². The van der Waals surface area contributed by atoms with Crippen molar-refractivity contribution in [1.29, 1.82) is 0 Å². The molecule has 0 radical (unpaired) electrons. The Morgan fingerprint density at radius 3 is 2.56 bits per heavy atom. The predicted octanol–water partition coefficient (Wildman–Crippen LogP) is 1.68. The monoisotopic (exact) mass is 346 g/mol. The summed E-state index contributed by atoms with van der Waals surface area (Å²) in [6, 6.07) is 7.67. The number of benzene rings is 1. The maximum absolute atomic E-state index is 12.8. The highest BCUT2D eigenvalue weighted by atomic mass is 16.5. The van der Waals surface area contributed by atoms with Gasteiger partial charge < -0.3 is 19.3 Å².